The largest absolute Gasteiger partial charge is 0.497 e. The Bertz CT molecular complexity index is 1700. The molecule has 2 aromatic carbocycles. The highest BCUT2D eigenvalue weighted by atomic mass is 32.2. The van der Waals surface area contributed by atoms with Crippen LogP contribution in [-0.4, -0.2) is 98.3 Å². The van der Waals surface area contributed by atoms with Crippen LogP contribution in [0.5, 0.6) is 5.75 Å². The molecule has 2 aliphatic carbocycles. The number of aliphatic hydroxyl groups excluding tert-OH is 2. The molecular weight excluding hydrogens is 652 g/mol. The lowest BCUT2D eigenvalue weighted by molar-refractivity contribution is -0.205. The van der Waals surface area contributed by atoms with Gasteiger partial charge in [0.15, 0.2) is 11.9 Å². The average molecular weight is 701 g/mol. The first-order valence-corrected chi connectivity index (χ1v) is 18.8. The molecule has 8 atom stereocenters. The summed E-state index contributed by atoms with van der Waals surface area (Å²) in [6.07, 6.45) is 1.15. The van der Waals surface area contributed by atoms with Gasteiger partial charge in [0.05, 0.1) is 37.4 Å². The zero-order valence-electron chi connectivity index (χ0n) is 28.2. The van der Waals surface area contributed by atoms with Gasteiger partial charge in [-0.1, -0.05) is 26.0 Å². The van der Waals surface area contributed by atoms with Crippen LogP contribution in [0.2, 0.25) is 0 Å². The Morgan fingerprint density at radius 2 is 1.84 bits per heavy atom. The number of nitrogens with zero attached hydrogens (tertiary/aromatic N) is 2. The average Bonchev–Trinajstić information content (AvgIpc) is 3.73. The molecule has 5 aliphatic rings. The number of ether oxygens (including phenoxy) is 4. The number of hydrogen-bond acceptors (Lipinski definition) is 12. The Kier molecular flexibility index (Phi) is 10.2. The standard InChI is InChI=1S/C35H48N4O9S/c1-20(2)16-39(49(42,43)25-10-12-28-31(15-25)47-34(37-28)36-23-8-9-23)17-30(40)29(14-21-5-4-6-24(13-21)44-3)38-35(41)48-32-22-7-11-26-27(32)19-46-33(26)45-18-22/h4-6,10,12-13,15,20,22-23,26-27,29-30,32-33,35,38,40-41H,7-9,11,14,16-19H2,1-3H3,(H,36,37)/t22?,26?,27?,29-,30+,32?,33?,35?/m0/s1. The van der Waals surface area contributed by atoms with Gasteiger partial charge in [0.25, 0.3) is 6.01 Å². The minimum atomic E-state index is -4.07. The molecule has 14 heteroatoms. The van der Waals surface area contributed by atoms with Crippen LogP contribution in [0.1, 0.15) is 45.1 Å². The molecular formula is C35H48N4O9S. The molecule has 6 unspecified atom stereocenters. The molecule has 2 saturated carbocycles. The number of fused-ring (bicyclic) bond motifs is 3. The summed E-state index contributed by atoms with van der Waals surface area (Å²) in [4.78, 5) is 4.49. The third-order valence-electron chi connectivity index (χ3n) is 10.1. The molecule has 49 heavy (non-hydrogen) atoms. The Morgan fingerprint density at radius 1 is 1.02 bits per heavy atom. The fraction of sp³-hybridized carbons (Fsp3) is 0.629. The quantitative estimate of drug-likeness (QED) is 0.162. The molecule has 3 aliphatic heterocycles. The van der Waals surface area contributed by atoms with E-state index < -0.39 is 28.6 Å². The number of hydrogen-bond donors (Lipinski definition) is 4. The Morgan fingerprint density at radius 3 is 2.61 bits per heavy atom. The van der Waals surface area contributed by atoms with E-state index in [1.54, 1.807) is 13.2 Å². The van der Waals surface area contributed by atoms with Crippen molar-refractivity contribution in [2.75, 3.05) is 38.7 Å². The van der Waals surface area contributed by atoms with Gasteiger partial charge in [-0.3, -0.25) is 5.32 Å². The fourth-order valence-corrected chi connectivity index (χ4v) is 9.10. The van der Waals surface area contributed by atoms with Crippen molar-refractivity contribution in [1.82, 2.24) is 14.6 Å². The minimum absolute atomic E-state index is 0.0330. The second-order valence-electron chi connectivity index (χ2n) is 14.3. The lowest BCUT2D eigenvalue weighted by Gasteiger charge is -2.38. The van der Waals surface area contributed by atoms with E-state index in [4.69, 9.17) is 23.4 Å². The summed E-state index contributed by atoms with van der Waals surface area (Å²) >= 11 is 0. The smallest absolute Gasteiger partial charge is 0.295 e. The van der Waals surface area contributed by atoms with Crippen molar-refractivity contribution in [3.05, 3.63) is 48.0 Å². The van der Waals surface area contributed by atoms with Crippen LogP contribution in [0.4, 0.5) is 6.01 Å². The van der Waals surface area contributed by atoms with Crippen LogP contribution >= 0.6 is 0 Å². The molecule has 3 saturated heterocycles. The highest BCUT2D eigenvalue weighted by molar-refractivity contribution is 7.89. The maximum atomic E-state index is 14.2. The lowest BCUT2D eigenvalue weighted by atomic mass is 9.74. The number of anilines is 1. The normalized spacial score (nSPS) is 27.0. The van der Waals surface area contributed by atoms with Gasteiger partial charge in [-0.25, -0.2) is 8.42 Å². The number of benzene rings is 2. The number of oxazole rings is 1. The van der Waals surface area contributed by atoms with Crippen molar-refractivity contribution in [3.63, 3.8) is 0 Å². The first-order valence-electron chi connectivity index (χ1n) is 17.4. The monoisotopic (exact) mass is 700 g/mol. The number of nitrogens with one attached hydrogen (secondary N) is 2. The van der Waals surface area contributed by atoms with Crippen molar-refractivity contribution in [1.29, 1.82) is 0 Å². The van der Waals surface area contributed by atoms with E-state index in [-0.39, 0.29) is 60.5 Å². The fourth-order valence-electron chi connectivity index (χ4n) is 7.47. The molecule has 268 valence electrons. The maximum absolute atomic E-state index is 14.2. The van der Waals surface area contributed by atoms with Crippen LogP contribution < -0.4 is 15.4 Å². The van der Waals surface area contributed by atoms with Crippen molar-refractivity contribution in [2.24, 2.45) is 23.7 Å². The van der Waals surface area contributed by atoms with Crippen molar-refractivity contribution < 1.29 is 42.0 Å². The van der Waals surface area contributed by atoms with Crippen molar-refractivity contribution >= 4 is 27.1 Å². The SMILES string of the molecule is COc1cccc(C[C@H](NC(O)OC2C3CCC4C(OC3)OCC42)[C@H](O)CN(CC(C)C)S(=O)(=O)c2ccc3nc(NC4CC4)oc3c2)c1. The zero-order valence-corrected chi connectivity index (χ0v) is 29.1. The molecule has 13 nitrogen and oxygen atoms in total. The summed E-state index contributed by atoms with van der Waals surface area (Å²) < 4.78 is 59.0. The minimum Gasteiger partial charge on any atom is -0.497 e. The van der Waals surface area contributed by atoms with Gasteiger partial charge in [-0.2, -0.15) is 9.29 Å². The topological polar surface area (TPSA) is 165 Å². The maximum Gasteiger partial charge on any atom is 0.295 e. The molecule has 1 aromatic heterocycles. The first kappa shape index (κ1) is 34.6. The predicted octanol–water partition coefficient (Wildman–Crippen LogP) is 3.31. The van der Waals surface area contributed by atoms with E-state index >= 15 is 0 Å². The number of rotatable bonds is 16. The van der Waals surface area contributed by atoms with Gasteiger partial charge in [0, 0.05) is 49.0 Å². The Hall–Kier alpha value is -2.82. The lowest BCUT2D eigenvalue weighted by Crippen LogP contribution is -2.54. The van der Waals surface area contributed by atoms with Crippen LogP contribution in [0.3, 0.4) is 0 Å². The molecule has 0 radical (unpaired) electrons. The molecule has 8 rings (SSSR count). The number of methoxy groups -OCH3 is 1. The Balaban J connectivity index is 1.11. The highest BCUT2D eigenvalue weighted by Crippen LogP contribution is 2.46. The summed E-state index contributed by atoms with van der Waals surface area (Å²) in [6, 6.07) is 12.0. The van der Waals surface area contributed by atoms with Gasteiger partial charge >= 0.3 is 0 Å². The summed E-state index contributed by atoms with van der Waals surface area (Å²) in [5, 5.41) is 29.4. The third-order valence-corrected chi connectivity index (χ3v) is 12.0. The van der Waals surface area contributed by atoms with E-state index in [0.717, 1.165) is 31.2 Å². The summed E-state index contributed by atoms with van der Waals surface area (Å²) in [6.45, 7) is 4.81. The van der Waals surface area contributed by atoms with E-state index in [9.17, 15) is 18.6 Å². The highest BCUT2D eigenvalue weighted by Gasteiger charge is 2.52. The number of sulfonamides is 1. The number of aromatic nitrogens is 1. The van der Waals surface area contributed by atoms with E-state index in [0.29, 0.717) is 42.1 Å². The summed E-state index contributed by atoms with van der Waals surface area (Å²) in [5.41, 5.74) is 1.76. The number of aliphatic hydroxyl groups is 2. The van der Waals surface area contributed by atoms with Crippen LogP contribution in [0.25, 0.3) is 11.1 Å². The molecule has 5 fully saturated rings. The zero-order chi connectivity index (χ0) is 34.3. The molecule has 0 spiro atoms. The second-order valence-corrected chi connectivity index (χ2v) is 16.3. The summed E-state index contributed by atoms with van der Waals surface area (Å²) in [7, 11) is -2.49. The van der Waals surface area contributed by atoms with Gasteiger partial charge in [0.2, 0.25) is 16.4 Å². The van der Waals surface area contributed by atoms with Crippen LogP contribution in [0.15, 0.2) is 51.8 Å². The van der Waals surface area contributed by atoms with Gasteiger partial charge in [-0.05, 0) is 67.9 Å². The van der Waals surface area contributed by atoms with Gasteiger partial charge < -0.3 is 38.9 Å². The third kappa shape index (κ3) is 7.76. The molecule has 4 heterocycles. The molecule has 3 aromatic rings. The van der Waals surface area contributed by atoms with E-state index in [2.05, 4.69) is 15.6 Å². The van der Waals surface area contributed by atoms with Gasteiger partial charge in [0.1, 0.15) is 11.3 Å². The van der Waals surface area contributed by atoms with Crippen LogP contribution in [-0.2, 0) is 30.7 Å². The second kappa shape index (κ2) is 14.4. The van der Waals surface area contributed by atoms with E-state index in [1.165, 1.54) is 16.4 Å². The summed E-state index contributed by atoms with van der Waals surface area (Å²) in [5.74, 6) is 1.08. The van der Waals surface area contributed by atoms with E-state index in [1.807, 2.05) is 38.1 Å². The van der Waals surface area contributed by atoms with Gasteiger partial charge in [-0.15, -0.1) is 0 Å². The van der Waals surface area contributed by atoms with Crippen molar-refractivity contribution in [3.8, 4) is 5.75 Å². The Labute approximate surface area is 287 Å². The van der Waals surface area contributed by atoms with Crippen LogP contribution in [0, 0.1) is 23.7 Å². The predicted molar refractivity (Wildman–Crippen MR) is 180 cm³/mol. The first-order chi connectivity index (χ1) is 23.6. The molecule has 4 N–H and O–H groups in total. The molecule has 0 amide bonds. The van der Waals surface area contributed by atoms with Crippen molar-refractivity contribution in [2.45, 2.75) is 87.8 Å². The molecule has 4 bridgehead atoms.